The Morgan fingerprint density at radius 3 is 2.88 bits per heavy atom. The normalized spacial score (nSPS) is 12.5. The minimum Gasteiger partial charge on any atom is -0.454 e. The van der Waals surface area contributed by atoms with Crippen LogP contribution >= 0.6 is 11.3 Å². The van der Waals surface area contributed by atoms with Crippen LogP contribution in [-0.2, 0) is 13.0 Å². The van der Waals surface area contributed by atoms with E-state index in [0.717, 1.165) is 40.3 Å². The minimum absolute atomic E-state index is 0.0117. The SMILES string of the molecule is CCCc1c(C(=O)NCc2ccc3c(c2)OCO3)sc2ccccc12. The third-order valence-corrected chi connectivity index (χ3v) is 5.51. The minimum atomic E-state index is -0.0117. The number of ether oxygens (including phenoxy) is 2. The fourth-order valence-electron chi connectivity index (χ4n) is 3.09. The second-order valence-corrected chi connectivity index (χ2v) is 7.08. The summed E-state index contributed by atoms with van der Waals surface area (Å²) in [6.07, 6.45) is 1.93. The van der Waals surface area contributed by atoms with Crippen LogP contribution in [0.15, 0.2) is 42.5 Å². The molecule has 4 rings (SSSR count). The van der Waals surface area contributed by atoms with Gasteiger partial charge in [-0.1, -0.05) is 37.6 Å². The van der Waals surface area contributed by atoms with Crippen LogP contribution in [0.1, 0.15) is 34.1 Å². The topological polar surface area (TPSA) is 47.6 Å². The van der Waals surface area contributed by atoms with E-state index in [4.69, 9.17) is 9.47 Å². The summed E-state index contributed by atoms with van der Waals surface area (Å²) in [5.74, 6) is 1.48. The lowest BCUT2D eigenvalue weighted by Crippen LogP contribution is -2.22. The number of aryl methyl sites for hydroxylation is 1. The Hall–Kier alpha value is -2.53. The van der Waals surface area contributed by atoms with Crippen LogP contribution in [-0.4, -0.2) is 12.7 Å². The van der Waals surface area contributed by atoms with Gasteiger partial charge in [-0.3, -0.25) is 4.79 Å². The molecule has 0 unspecified atom stereocenters. The zero-order valence-electron chi connectivity index (χ0n) is 14.0. The number of thiophene rings is 1. The Kier molecular flexibility index (Phi) is 4.32. The fraction of sp³-hybridized carbons (Fsp3) is 0.250. The van der Waals surface area contributed by atoms with Gasteiger partial charge in [0.2, 0.25) is 6.79 Å². The van der Waals surface area contributed by atoms with E-state index < -0.39 is 0 Å². The van der Waals surface area contributed by atoms with Gasteiger partial charge in [0.15, 0.2) is 11.5 Å². The van der Waals surface area contributed by atoms with Gasteiger partial charge in [-0.25, -0.2) is 0 Å². The van der Waals surface area contributed by atoms with Gasteiger partial charge in [-0.15, -0.1) is 11.3 Å². The number of rotatable bonds is 5. The molecule has 4 nitrogen and oxygen atoms in total. The Morgan fingerprint density at radius 2 is 2.00 bits per heavy atom. The highest BCUT2D eigenvalue weighted by molar-refractivity contribution is 7.21. The molecule has 1 amide bonds. The molecule has 0 bridgehead atoms. The van der Waals surface area contributed by atoms with Crippen LogP contribution in [0.5, 0.6) is 11.5 Å². The first-order valence-electron chi connectivity index (χ1n) is 8.43. The van der Waals surface area contributed by atoms with E-state index in [1.165, 1.54) is 10.1 Å². The van der Waals surface area contributed by atoms with Crippen molar-refractivity contribution in [1.82, 2.24) is 5.32 Å². The lowest BCUT2D eigenvalue weighted by molar-refractivity contribution is 0.0954. The zero-order chi connectivity index (χ0) is 17.2. The summed E-state index contributed by atoms with van der Waals surface area (Å²) in [5, 5.41) is 4.24. The van der Waals surface area contributed by atoms with Gasteiger partial charge in [0, 0.05) is 11.2 Å². The van der Waals surface area contributed by atoms with Gasteiger partial charge in [0.1, 0.15) is 0 Å². The van der Waals surface area contributed by atoms with Crippen molar-refractivity contribution >= 4 is 27.3 Å². The third kappa shape index (κ3) is 3.07. The molecule has 2 heterocycles. The summed E-state index contributed by atoms with van der Waals surface area (Å²) < 4.78 is 11.9. The molecule has 0 fully saturated rings. The second kappa shape index (κ2) is 6.76. The molecule has 128 valence electrons. The van der Waals surface area contributed by atoms with E-state index in [0.29, 0.717) is 6.54 Å². The van der Waals surface area contributed by atoms with Crippen molar-refractivity contribution in [3.63, 3.8) is 0 Å². The summed E-state index contributed by atoms with van der Waals surface area (Å²) in [6, 6.07) is 14.0. The maximum atomic E-state index is 12.8. The summed E-state index contributed by atoms with van der Waals surface area (Å²) in [4.78, 5) is 13.6. The molecule has 5 heteroatoms. The van der Waals surface area contributed by atoms with Crippen molar-refractivity contribution < 1.29 is 14.3 Å². The van der Waals surface area contributed by atoms with Gasteiger partial charge in [-0.2, -0.15) is 0 Å². The van der Waals surface area contributed by atoms with Crippen molar-refractivity contribution in [1.29, 1.82) is 0 Å². The molecule has 1 N–H and O–H groups in total. The number of nitrogens with one attached hydrogen (secondary N) is 1. The average molecular weight is 353 g/mol. The van der Waals surface area contributed by atoms with Crippen LogP contribution in [0.3, 0.4) is 0 Å². The number of fused-ring (bicyclic) bond motifs is 2. The van der Waals surface area contributed by atoms with E-state index in [1.807, 2.05) is 30.3 Å². The Morgan fingerprint density at radius 1 is 1.16 bits per heavy atom. The van der Waals surface area contributed by atoms with E-state index in [2.05, 4.69) is 24.4 Å². The number of hydrogen-bond donors (Lipinski definition) is 1. The lowest BCUT2D eigenvalue weighted by Gasteiger charge is -2.07. The van der Waals surface area contributed by atoms with Crippen molar-refractivity contribution in [2.75, 3.05) is 6.79 Å². The van der Waals surface area contributed by atoms with Crippen molar-refractivity contribution in [3.05, 3.63) is 58.5 Å². The van der Waals surface area contributed by atoms with Gasteiger partial charge in [0.25, 0.3) is 5.91 Å². The molecule has 0 saturated heterocycles. The number of amides is 1. The van der Waals surface area contributed by atoms with E-state index >= 15 is 0 Å². The first kappa shape index (κ1) is 16.0. The van der Waals surface area contributed by atoms with E-state index in [9.17, 15) is 4.79 Å². The van der Waals surface area contributed by atoms with Crippen LogP contribution in [0.2, 0.25) is 0 Å². The lowest BCUT2D eigenvalue weighted by atomic mass is 10.1. The molecule has 2 aromatic carbocycles. The number of carbonyl (C=O) groups is 1. The highest BCUT2D eigenvalue weighted by Gasteiger charge is 2.18. The van der Waals surface area contributed by atoms with Gasteiger partial charge < -0.3 is 14.8 Å². The largest absolute Gasteiger partial charge is 0.454 e. The quantitative estimate of drug-likeness (QED) is 0.734. The molecule has 0 spiro atoms. The predicted octanol–water partition coefficient (Wildman–Crippen LogP) is 4.51. The highest BCUT2D eigenvalue weighted by atomic mass is 32.1. The molecule has 1 aromatic heterocycles. The average Bonchev–Trinajstić information content (AvgIpc) is 3.24. The Balaban J connectivity index is 1.55. The van der Waals surface area contributed by atoms with Gasteiger partial charge in [-0.05, 0) is 41.1 Å². The molecule has 0 saturated carbocycles. The molecule has 25 heavy (non-hydrogen) atoms. The summed E-state index contributed by atoms with van der Waals surface area (Å²) in [6.45, 7) is 2.86. The summed E-state index contributed by atoms with van der Waals surface area (Å²) in [7, 11) is 0. The molecule has 3 aromatic rings. The van der Waals surface area contributed by atoms with E-state index in [1.54, 1.807) is 11.3 Å². The number of carbonyl (C=O) groups excluding carboxylic acids is 1. The van der Waals surface area contributed by atoms with Crippen molar-refractivity contribution in [3.8, 4) is 11.5 Å². The number of hydrogen-bond acceptors (Lipinski definition) is 4. The molecular formula is C20H19NO3S. The number of benzene rings is 2. The van der Waals surface area contributed by atoms with Crippen LogP contribution in [0.4, 0.5) is 0 Å². The van der Waals surface area contributed by atoms with Crippen molar-refractivity contribution in [2.24, 2.45) is 0 Å². The summed E-state index contributed by atoms with van der Waals surface area (Å²) in [5.41, 5.74) is 2.15. The molecular weight excluding hydrogens is 334 g/mol. The van der Waals surface area contributed by atoms with Crippen LogP contribution in [0.25, 0.3) is 10.1 Å². The zero-order valence-corrected chi connectivity index (χ0v) is 14.8. The predicted molar refractivity (Wildman–Crippen MR) is 99.6 cm³/mol. The maximum Gasteiger partial charge on any atom is 0.261 e. The smallest absolute Gasteiger partial charge is 0.261 e. The fourth-order valence-corrected chi connectivity index (χ4v) is 4.26. The highest BCUT2D eigenvalue weighted by Crippen LogP contribution is 2.33. The molecule has 0 aliphatic carbocycles. The van der Waals surface area contributed by atoms with Gasteiger partial charge >= 0.3 is 0 Å². The molecule has 0 atom stereocenters. The van der Waals surface area contributed by atoms with Crippen LogP contribution in [0, 0.1) is 0 Å². The standard InChI is InChI=1S/C20H19NO3S/c1-2-5-15-14-6-3-4-7-18(14)25-19(15)20(22)21-11-13-8-9-16-17(10-13)24-12-23-16/h3-4,6-10H,2,5,11-12H2,1H3,(H,21,22). The van der Waals surface area contributed by atoms with Gasteiger partial charge in [0.05, 0.1) is 4.88 Å². The first-order valence-corrected chi connectivity index (χ1v) is 9.25. The Bertz CT molecular complexity index is 932. The van der Waals surface area contributed by atoms with Crippen LogP contribution < -0.4 is 14.8 Å². The van der Waals surface area contributed by atoms with E-state index in [-0.39, 0.29) is 12.7 Å². The second-order valence-electron chi connectivity index (χ2n) is 6.03. The Labute approximate surface area is 150 Å². The molecule has 1 aliphatic rings. The maximum absolute atomic E-state index is 12.8. The monoisotopic (exact) mass is 353 g/mol. The summed E-state index contributed by atoms with van der Waals surface area (Å²) >= 11 is 1.57. The first-order chi connectivity index (χ1) is 12.3. The third-order valence-electron chi connectivity index (χ3n) is 4.29. The molecule has 0 radical (unpaired) electrons. The van der Waals surface area contributed by atoms with Crippen molar-refractivity contribution in [2.45, 2.75) is 26.3 Å². The molecule has 1 aliphatic heterocycles.